The van der Waals surface area contributed by atoms with Crippen molar-refractivity contribution < 1.29 is 14.6 Å². The van der Waals surface area contributed by atoms with E-state index in [4.69, 9.17) is 4.74 Å². The van der Waals surface area contributed by atoms with Crippen LogP contribution in [0.25, 0.3) is 0 Å². The lowest BCUT2D eigenvalue weighted by atomic mass is 10.2. The molecule has 4 heteroatoms. The second-order valence-electron chi connectivity index (χ2n) is 5.16. The highest BCUT2D eigenvalue weighted by molar-refractivity contribution is 5.68. The normalized spacial score (nSPS) is 11.1. The van der Waals surface area contributed by atoms with E-state index in [-0.39, 0.29) is 11.8 Å². The van der Waals surface area contributed by atoms with E-state index in [0.29, 0.717) is 13.1 Å². The number of hydrogen-bond acceptors (Lipinski definition) is 3. The van der Waals surface area contributed by atoms with Gasteiger partial charge in [0.25, 0.3) is 0 Å². The van der Waals surface area contributed by atoms with E-state index in [0.717, 1.165) is 5.56 Å². The summed E-state index contributed by atoms with van der Waals surface area (Å²) in [6.07, 6.45) is -0.321. The third-order valence-corrected chi connectivity index (χ3v) is 2.34. The van der Waals surface area contributed by atoms with Gasteiger partial charge < -0.3 is 14.7 Å². The molecule has 0 bridgehead atoms. The Labute approximate surface area is 108 Å². The first kappa shape index (κ1) is 14.4. The Hall–Kier alpha value is -1.71. The third kappa shape index (κ3) is 4.65. The van der Waals surface area contributed by atoms with E-state index >= 15 is 0 Å². The molecule has 4 nitrogen and oxygen atoms in total. The van der Waals surface area contributed by atoms with Crippen LogP contribution in [0.2, 0.25) is 0 Å². The van der Waals surface area contributed by atoms with E-state index in [2.05, 4.69) is 0 Å². The summed E-state index contributed by atoms with van der Waals surface area (Å²) in [5, 5.41) is 9.20. The molecule has 0 aliphatic heterocycles. The molecule has 18 heavy (non-hydrogen) atoms. The van der Waals surface area contributed by atoms with Crippen LogP contribution >= 0.6 is 0 Å². The largest absolute Gasteiger partial charge is 0.508 e. The van der Waals surface area contributed by atoms with Gasteiger partial charge in [-0.1, -0.05) is 12.1 Å². The van der Waals surface area contributed by atoms with Crippen molar-refractivity contribution in [1.29, 1.82) is 0 Å². The Kier molecular flexibility index (Phi) is 4.59. The Morgan fingerprint density at radius 3 is 2.28 bits per heavy atom. The maximum atomic E-state index is 11.9. The van der Waals surface area contributed by atoms with Gasteiger partial charge in [0.1, 0.15) is 11.4 Å². The van der Waals surface area contributed by atoms with Crippen molar-refractivity contribution in [3.8, 4) is 5.75 Å². The summed E-state index contributed by atoms with van der Waals surface area (Å²) in [6, 6.07) is 6.81. The minimum absolute atomic E-state index is 0.221. The highest BCUT2D eigenvalue weighted by Crippen LogP contribution is 2.14. The zero-order valence-corrected chi connectivity index (χ0v) is 11.4. The molecule has 1 aromatic rings. The summed E-state index contributed by atoms with van der Waals surface area (Å²) < 4.78 is 5.32. The van der Waals surface area contributed by atoms with Crippen LogP contribution in [-0.4, -0.2) is 28.2 Å². The molecule has 0 unspecified atom stereocenters. The number of hydrogen-bond donors (Lipinski definition) is 1. The molecule has 0 saturated carbocycles. The monoisotopic (exact) mass is 251 g/mol. The summed E-state index contributed by atoms with van der Waals surface area (Å²) in [5.74, 6) is 0.221. The lowest BCUT2D eigenvalue weighted by molar-refractivity contribution is 0.0244. The minimum Gasteiger partial charge on any atom is -0.508 e. The first-order valence-electron chi connectivity index (χ1n) is 6.07. The van der Waals surface area contributed by atoms with E-state index in [9.17, 15) is 9.90 Å². The number of carbonyl (C=O) groups is 1. The zero-order chi connectivity index (χ0) is 13.8. The lowest BCUT2D eigenvalue weighted by Crippen LogP contribution is -2.36. The van der Waals surface area contributed by atoms with Gasteiger partial charge in [-0.15, -0.1) is 0 Å². The fourth-order valence-electron chi connectivity index (χ4n) is 1.45. The number of nitrogens with zero attached hydrogens (tertiary/aromatic N) is 1. The number of phenolic OH excluding ortho intramolecular Hbond substituents is 1. The molecule has 1 N–H and O–H groups in total. The second-order valence-corrected chi connectivity index (χ2v) is 5.16. The lowest BCUT2D eigenvalue weighted by Gasteiger charge is -2.26. The van der Waals surface area contributed by atoms with Crippen LogP contribution in [0.15, 0.2) is 24.3 Å². The number of amides is 1. The van der Waals surface area contributed by atoms with E-state index in [1.165, 1.54) is 0 Å². The van der Waals surface area contributed by atoms with Crippen LogP contribution in [0.4, 0.5) is 4.79 Å². The summed E-state index contributed by atoms with van der Waals surface area (Å²) in [7, 11) is 0. The molecule has 0 radical (unpaired) electrons. The van der Waals surface area contributed by atoms with Crippen molar-refractivity contribution in [2.45, 2.75) is 39.8 Å². The van der Waals surface area contributed by atoms with Crippen LogP contribution in [0.5, 0.6) is 5.75 Å². The highest BCUT2D eigenvalue weighted by Gasteiger charge is 2.21. The van der Waals surface area contributed by atoms with E-state index in [1.807, 2.05) is 27.7 Å². The molecule has 1 aromatic carbocycles. The average Bonchev–Trinajstić information content (AvgIpc) is 2.25. The van der Waals surface area contributed by atoms with Gasteiger partial charge in [0.15, 0.2) is 0 Å². The predicted molar refractivity (Wildman–Crippen MR) is 70.4 cm³/mol. The third-order valence-electron chi connectivity index (χ3n) is 2.34. The summed E-state index contributed by atoms with van der Waals surface area (Å²) >= 11 is 0. The summed E-state index contributed by atoms with van der Waals surface area (Å²) in [5.41, 5.74) is 0.472. The molecule has 0 heterocycles. The van der Waals surface area contributed by atoms with Crippen LogP contribution in [0.3, 0.4) is 0 Å². The molecular formula is C14H21NO3. The van der Waals surface area contributed by atoms with Gasteiger partial charge in [-0.3, -0.25) is 0 Å². The van der Waals surface area contributed by atoms with Crippen molar-refractivity contribution >= 4 is 6.09 Å². The number of benzene rings is 1. The first-order chi connectivity index (χ1) is 8.31. The molecule has 0 saturated heterocycles. The van der Waals surface area contributed by atoms with Crippen molar-refractivity contribution in [2.75, 3.05) is 6.54 Å². The minimum atomic E-state index is -0.487. The van der Waals surface area contributed by atoms with E-state index < -0.39 is 5.60 Å². The number of phenols is 1. The molecule has 0 aliphatic carbocycles. The second kappa shape index (κ2) is 5.76. The first-order valence-corrected chi connectivity index (χ1v) is 6.07. The molecule has 0 spiro atoms. The van der Waals surface area contributed by atoms with Gasteiger partial charge >= 0.3 is 6.09 Å². The number of aromatic hydroxyl groups is 1. The number of rotatable bonds is 3. The smallest absolute Gasteiger partial charge is 0.410 e. The Morgan fingerprint density at radius 1 is 1.28 bits per heavy atom. The summed E-state index contributed by atoms with van der Waals surface area (Å²) in [4.78, 5) is 13.5. The standard InChI is InChI=1S/C14H21NO3/c1-5-15(13(17)18-14(2,3)4)10-11-6-8-12(16)9-7-11/h6-9,16H,5,10H2,1-4H3. The van der Waals surface area contributed by atoms with Gasteiger partial charge in [0.2, 0.25) is 0 Å². The van der Waals surface area contributed by atoms with Crippen molar-refractivity contribution in [3.05, 3.63) is 29.8 Å². The topological polar surface area (TPSA) is 49.8 Å². The molecule has 100 valence electrons. The molecular weight excluding hydrogens is 230 g/mol. The Morgan fingerprint density at radius 2 is 1.83 bits per heavy atom. The molecule has 1 amide bonds. The fraction of sp³-hybridized carbons (Fsp3) is 0.500. The molecule has 0 atom stereocenters. The maximum Gasteiger partial charge on any atom is 0.410 e. The average molecular weight is 251 g/mol. The zero-order valence-electron chi connectivity index (χ0n) is 11.4. The molecule has 0 aromatic heterocycles. The van der Waals surface area contributed by atoms with Crippen molar-refractivity contribution in [3.63, 3.8) is 0 Å². The maximum absolute atomic E-state index is 11.9. The van der Waals surface area contributed by atoms with Crippen LogP contribution in [0, 0.1) is 0 Å². The Balaban J connectivity index is 2.67. The molecule has 1 rings (SSSR count). The molecule has 0 aliphatic rings. The van der Waals surface area contributed by atoms with Crippen molar-refractivity contribution in [2.24, 2.45) is 0 Å². The van der Waals surface area contributed by atoms with Gasteiger partial charge in [-0.25, -0.2) is 4.79 Å². The van der Waals surface area contributed by atoms with Gasteiger partial charge in [-0.05, 0) is 45.4 Å². The van der Waals surface area contributed by atoms with Gasteiger partial charge in [0, 0.05) is 13.1 Å². The van der Waals surface area contributed by atoms with Gasteiger partial charge in [-0.2, -0.15) is 0 Å². The summed E-state index contributed by atoms with van der Waals surface area (Å²) in [6.45, 7) is 8.50. The van der Waals surface area contributed by atoms with Gasteiger partial charge in [0.05, 0.1) is 0 Å². The highest BCUT2D eigenvalue weighted by atomic mass is 16.6. The van der Waals surface area contributed by atoms with Crippen molar-refractivity contribution in [1.82, 2.24) is 4.90 Å². The number of ether oxygens (including phenoxy) is 1. The SMILES string of the molecule is CCN(Cc1ccc(O)cc1)C(=O)OC(C)(C)C. The number of carbonyl (C=O) groups excluding carboxylic acids is 1. The van der Waals surface area contributed by atoms with Crippen LogP contribution < -0.4 is 0 Å². The predicted octanol–water partition coefficient (Wildman–Crippen LogP) is 3.15. The van der Waals surface area contributed by atoms with Crippen LogP contribution in [0.1, 0.15) is 33.3 Å². The Bertz CT molecular complexity index is 392. The van der Waals surface area contributed by atoms with Crippen LogP contribution in [-0.2, 0) is 11.3 Å². The fourth-order valence-corrected chi connectivity index (χ4v) is 1.45. The van der Waals surface area contributed by atoms with E-state index in [1.54, 1.807) is 29.2 Å². The quantitative estimate of drug-likeness (QED) is 0.897. The molecule has 0 fully saturated rings.